The van der Waals surface area contributed by atoms with E-state index in [0.717, 1.165) is 22.1 Å². The van der Waals surface area contributed by atoms with Gasteiger partial charge in [0.15, 0.2) is 0 Å². The van der Waals surface area contributed by atoms with Gasteiger partial charge in [0.25, 0.3) is 0 Å². The molecule has 2 N–H and O–H groups in total. The molecule has 0 atom stereocenters. The zero-order valence-corrected chi connectivity index (χ0v) is 20.2. The van der Waals surface area contributed by atoms with E-state index in [1.165, 1.54) is 13.1 Å². The van der Waals surface area contributed by atoms with Crippen LogP contribution in [0.15, 0.2) is 41.3 Å². The summed E-state index contributed by atoms with van der Waals surface area (Å²) in [6.45, 7) is 4.09. The van der Waals surface area contributed by atoms with Gasteiger partial charge in [0, 0.05) is 24.2 Å². The number of nitrogens with zero attached hydrogens (tertiary/aromatic N) is 3. The number of likely N-dealkylation sites (N-methyl/N-ethyl adjacent to an activating group) is 1. The number of carbonyl (C=O) groups is 1. The largest absolute Gasteiger partial charge is 0.489 e. The summed E-state index contributed by atoms with van der Waals surface area (Å²) in [6.07, 6.45) is 0. The third kappa shape index (κ3) is 4.32. The maximum absolute atomic E-state index is 13.3. The molecule has 1 amide bonds. The monoisotopic (exact) mass is 495 g/mol. The van der Waals surface area contributed by atoms with Crippen molar-refractivity contribution in [1.29, 1.82) is 5.26 Å². The van der Waals surface area contributed by atoms with Crippen LogP contribution in [0.4, 0.5) is 11.4 Å². The number of benzene rings is 2. The summed E-state index contributed by atoms with van der Waals surface area (Å²) in [5.74, 6) is 0.188. The molecular formula is C24H25N5O5S. The minimum Gasteiger partial charge on any atom is -0.489 e. The highest BCUT2D eigenvalue weighted by molar-refractivity contribution is 7.89. The van der Waals surface area contributed by atoms with Gasteiger partial charge in [-0.05, 0) is 42.8 Å². The molecule has 5 rings (SSSR count). The van der Waals surface area contributed by atoms with Crippen molar-refractivity contribution in [2.75, 3.05) is 50.2 Å². The standard InChI is InChI=1S/C24H25N5O5S/c1-15-7-16-9-18(11-25)27-24(16)22(8-15)35(31,32)28(2)12-23(30)26-17-3-4-20-21(10-17)34-6-5-29(20)19-13-33-14-19/h3-4,7-10,19,27H,5-6,12-14H2,1-2H3,(H,26,30). The van der Waals surface area contributed by atoms with Crippen molar-refractivity contribution in [3.63, 3.8) is 0 Å². The lowest BCUT2D eigenvalue weighted by molar-refractivity contribution is -0.116. The highest BCUT2D eigenvalue weighted by atomic mass is 32.2. The van der Waals surface area contributed by atoms with E-state index in [9.17, 15) is 18.5 Å². The average molecular weight is 496 g/mol. The molecule has 35 heavy (non-hydrogen) atoms. The lowest BCUT2D eigenvalue weighted by atomic mass is 10.1. The lowest BCUT2D eigenvalue weighted by Crippen LogP contribution is -2.52. The predicted octanol–water partition coefficient (Wildman–Crippen LogP) is 2.20. The summed E-state index contributed by atoms with van der Waals surface area (Å²) in [7, 11) is -2.66. The molecule has 1 saturated heterocycles. The predicted molar refractivity (Wildman–Crippen MR) is 130 cm³/mol. The van der Waals surface area contributed by atoms with Gasteiger partial charge in [-0.15, -0.1) is 0 Å². The molecule has 0 saturated carbocycles. The van der Waals surface area contributed by atoms with Crippen molar-refractivity contribution in [2.45, 2.75) is 17.9 Å². The highest BCUT2D eigenvalue weighted by Crippen LogP contribution is 2.36. The molecule has 10 nitrogen and oxygen atoms in total. The number of hydrogen-bond acceptors (Lipinski definition) is 7. The van der Waals surface area contributed by atoms with Crippen molar-refractivity contribution < 1.29 is 22.7 Å². The number of rotatable bonds is 6. The van der Waals surface area contributed by atoms with Gasteiger partial charge < -0.3 is 24.7 Å². The summed E-state index contributed by atoms with van der Waals surface area (Å²) in [6, 6.07) is 12.7. The maximum atomic E-state index is 13.3. The third-order valence-electron chi connectivity index (χ3n) is 6.22. The number of ether oxygens (including phenoxy) is 2. The number of sulfonamides is 1. The highest BCUT2D eigenvalue weighted by Gasteiger charge is 2.31. The van der Waals surface area contributed by atoms with Crippen LogP contribution < -0.4 is 15.0 Å². The Hall–Kier alpha value is -3.59. The zero-order chi connectivity index (χ0) is 24.7. The minimum absolute atomic E-state index is 0.0200. The van der Waals surface area contributed by atoms with Crippen LogP contribution in [0.3, 0.4) is 0 Å². The van der Waals surface area contributed by atoms with Crippen LogP contribution in [0.5, 0.6) is 5.75 Å². The minimum atomic E-state index is -4.01. The van der Waals surface area contributed by atoms with Crippen LogP contribution in [0.2, 0.25) is 0 Å². The van der Waals surface area contributed by atoms with Gasteiger partial charge in [-0.3, -0.25) is 4.79 Å². The molecule has 2 aliphatic heterocycles. The first kappa shape index (κ1) is 23.2. The quantitative estimate of drug-likeness (QED) is 0.537. The van der Waals surface area contributed by atoms with Gasteiger partial charge in [-0.25, -0.2) is 8.42 Å². The number of fused-ring (bicyclic) bond motifs is 2. The van der Waals surface area contributed by atoms with Crippen LogP contribution >= 0.6 is 0 Å². The first-order valence-corrected chi connectivity index (χ1v) is 12.6. The topological polar surface area (TPSA) is 128 Å². The molecule has 3 heterocycles. The molecule has 0 spiro atoms. The Morgan fingerprint density at radius 2 is 2.09 bits per heavy atom. The summed E-state index contributed by atoms with van der Waals surface area (Å²) in [5, 5.41) is 12.6. The Labute approximate surface area is 203 Å². The molecule has 2 aromatic carbocycles. The Morgan fingerprint density at radius 1 is 1.29 bits per heavy atom. The van der Waals surface area contributed by atoms with Crippen LogP contribution in [-0.4, -0.2) is 69.6 Å². The second-order valence-corrected chi connectivity index (χ2v) is 10.8. The maximum Gasteiger partial charge on any atom is 0.245 e. The summed E-state index contributed by atoms with van der Waals surface area (Å²) in [5.41, 5.74) is 2.81. The fraction of sp³-hybridized carbons (Fsp3) is 0.333. The second kappa shape index (κ2) is 8.88. The first-order valence-electron chi connectivity index (χ1n) is 11.2. The van der Waals surface area contributed by atoms with E-state index in [-0.39, 0.29) is 17.1 Å². The van der Waals surface area contributed by atoms with Crippen molar-refractivity contribution in [2.24, 2.45) is 0 Å². The second-order valence-electron chi connectivity index (χ2n) is 8.75. The number of aromatic nitrogens is 1. The summed E-state index contributed by atoms with van der Waals surface area (Å²) >= 11 is 0. The zero-order valence-electron chi connectivity index (χ0n) is 19.4. The van der Waals surface area contributed by atoms with Crippen molar-refractivity contribution in [3.05, 3.63) is 47.7 Å². The fourth-order valence-electron chi connectivity index (χ4n) is 4.38. The fourth-order valence-corrected chi connectivity index (χ4v) is 5.76. The van der Waals surface area contributed by atoms with E-state index in [0.29, 0.717) is 48.2 Å². The number of amides is 1. The third-order valence-corrected chi connectivity index (χ3v) is 8.04. The number of aryl methyl sites for hydroxylation is 1. The number of hydrogen-bond donors (Lipinski definition) is 2. The number of H-pyrrole nitrogens is 1. The lowest BCUT2D eigenvalue weighted by Gasteiger charge is -2.41. The number of nitriles is 1. The summed E-state index contributed by atoms with van der Waals surface area (Å²) in [4.78, 5) is 17.9. The molecule has 2 aliphatic rings. The molecule has 0 aliphatic carbocycles. The van der Waals surface area contributed by atoms with Crippen molar-refractivity contribution in [1.82, 2.24) is 9.29 Å². The Bertz CT molecular complexity index is 1450. The van der Waals surface area contributed by atoms with Gasteiger partial charge in [-0.1, -0.05) is 0 Å². The van der Waals surface area contributed by atoms with Crippen molar-refractivity contribution in [3.8, 4) is 11.8 Å². The van der Waals surface area contributed by atoms with Crippen molar-refractivity contribution >= 4 is 38.2 Å². The van der Waals surface area contributed by atoms with E-state index in [1.54, 1.807) is 31.2 Å². The van der Waals surface area contributed by atoms with Gasteiger partial charge in [0.2, 0.25) is 15.9 Å². The molecule has 3 aromatic rings. The molecule has 11 heteroatoms. The first-order chi connectivity index (χ1) is 16.8. The van der Waals surface area contributed by atoms with Gasteiger partial charge in [-0.2, -0.15) is 9.57 Å². The molecule has 0 unspecified atom stereocenters. The molecular weight excluding hydrogens is 470 g/mol. The normalized spacial score (nSPS) is 15.9. The van der Waals surface area contributed by atoms with E-state index in [4.69, 9.17) is 9.47 Å². The smallest absolute Gasteiger partial charge is 0.245 e. The molecule has 0 radical (unpaired) electrons. The number of aromatic amines is 1. The van der Waals surface area contributed by atoms with E-state index in [1.807, 2.05) is 12.1 Å². The Morgan fingerprint density at radius 3 is 2.80 bits per heavy atom. The SMILES string of the molecule is Cc1cc(S(=O)(=O)N(C)CC(=O)Nc2ccc3c(c2)OCCN3C2COC2)c2[nH]c(C#N)cc2c1. The van der Waals surface area contributed by atoms with Gasteiger partial charge >= 0.3 is 0 Å². The molecule has 1 aromatic heterocycles. The van der Waals surface area contributed by atoms with Crippen LogP contribution in [0.1, 0.15) is 11.3 Å². The number of nitrogens with one attached hydrogen (secondary N) is 2. The molecule has 0 bridgehead atoms. The number of carbonyl (C=O) groups excluding carboxylic acids is 1. The summed E-state index contributed by atoms with van der Waals surface area (Å²) < 4.78 is 38.7. The number of anilines is 2. The van der Waals surface area contributed by atoms with Crippen LogP contribution in [0.25, 0.3) is 10.9 Å². The van der Waals surface area contributed by atoms with E-state index < -0.39 is 15.9 Å². The Kier molecular flexibility index (Phi) is 5.88. The Balaban J connectivity index is 1.32. The van der Waals surface area contributed by atoms with Gasteiger partial charge in [0.1, 0.15) is 29.0 Å². The van der Waals surface area contributed by atoms with Crippen LogP contribution in [-0.2, 0) is 19.6 Å². The van der Waals surface area contributed by atoms with E-state index in [2.05, 4.69) is 15.2 Å². The molecule has 182 valence electrons. The average Bonchev–Trinajstić information content (AvgIpc) is 3.20. The van der Waals surface area contributed by atoms with Gasteiger partial charge in [0.05, 0.1) is 43.5 Å². The van der Waals surface area contributed by atoms with E-state index >= 15 is 0 Å². The van der Waals surface area contributed by atoms with Crippen LogP contribution in [0, 0.1) is 18.3 Å². The molecule has 1 fully saturated rings.